The average Bonchev–Trinajstić information content (AvgIpc) is 2.29. The highest BCUT2D eigenvalue weighted by Gasteiger charge is 2.23. The number of hydrogen-bond donors (Lipinski definition) is 1. The molecule has 0 bridgehead atoms. The normalized spacial score (nSPS) is 21.1. The number of rotatable bonds is 2. The van der Waals surface area contributed by atoms with Gasteiger partial charge in [0, 0.05) is 36.9 Å². The van der Waals surface area contributed by atoms with Crippen molar-refractivity contribution in [2.45, 2.75) is 19.9 Å². The largest absolute Gasteiger partial charge is 0.389 e. The van der Waals surface area contributed by atoms with E-state index in [1.165, 1.54) is 11.3 Å². The molecule has 1 atom stereocenters. The Balaban J connectivity index is 2.35. The van der Waals surface area contributed by atoms with Crippen molar-refractivity contribution in [2.24, 2.45) is 5.73 Å². The van der Waals surface area contributed by atoms with Crippen LogP contribution in [0.3, 0.4) is 0 Å². The molecule has 1 aromatic rings. The van der Waals surface area contributed by atoms with Crippen LogP contribution in [0.4, 0.5) is 5.69 Å². The highest BCUT2D eigenvalue weighted by Crippen LogP contribution is 2.25. The fourth-order valence-electron chi connectivity index (χ4n) is 2.60. The summed E-state index contributed by atoms with van der Waals surface area (Å²) in [6.07, 6.45) is 0. The molecule has 1 aromatic carbocycles. The van der Waals surface area contributed by atoms with E-state index in [0.29, 0.717) is 11.0 Å². The van der Waals surface area contributed by atoms with Gasteiger partial charge in [-0.15, -0.1) is 0 Å². The molecule has 0 radical (unpaired) electrons. The lowest BCUT2D eigenvalue weighted by atomic mass is 10.1. The van der Waals surface area contributed by atoms with Crippen molar-refractivity contribution in [2.75, 3.05) is 31.6 Å². The van der Waals surface area contributed by atoms with Crippen LogP contribution < -0.4 is 10.6 Å². The molecule has 4 heteroatoms. The Morgan fingerprint density at radius 2 is 2.11 bits per heavy atom. The van der Waals surface area contributed by atoms with Crippen molar-refractivity contribution >= 4 is 22.9 Å². The standard InChI is InChI=1S/C14H21N3S/c1-10-4-5-13(12(8-10)14(15)18)17-7-6-16(3)9-11(17)2/h4-5,8,11H,6-7,9H2,1-3H3,(H2,15,18). The Hall–Kier alpha value is -1.13. The number of anilines is 1. The van der Waals surface area contributed by atoms with Crippen molar-refractivity contribution in [3.8, 4) is 0 Å². The third-order valence-corrected chi connectivity index (χ3v) is 3.78. The van der Waals surface area contributed by atoms with E-state index in [2.05, 4.69) is 48.9 Å². The van der Waals surface area contributed by atoms with Gasteiger partial charge in [0.05, 0.1) is 0 Å². The second kappa shape index (κ2) is 5.24. The van der Waals surface area contributed by atoms with Crippen LogP contribution in [0.5, 0.6) is 0 Å². The molecule has 0 aliphatic carbocycles. The Morgan fingerprint density at radius 3 is 2.72 bits per heavy atom. The Morgan fingerprint density at radius 1 is 1.39 bits per heavy atom. The first kappa shape index (κ1) is 13.3. The number of nitrogens with zero attached hydrogens (tertiary/aromatic N) is 2. The van der Waals surface area contributed by atoms with Crippen molar-refractivity contribution in [3.63, 3.8) is 0 Å². The number of hydrogen-bond acceptors (Lipinski definition) is 3. The van der Waals surface area contributed by atoms with Gasteiger partial charge in [-0.2, -0.15) is 0 Å². The molecular weight excluding hydrogens is 242 g/mol. The third kappa shape index (κ3) is 2.65. The van der Waals surface area contributed by atoms with Gasteiger partial charge in [0.25, 0.3) is 0 Å². The van der Waals surface area contributed by atoms with Gasteiger partial charge in [0.2, 0.25) is 0 Å². The number of nitrogens with two attached hydrogens (primary N) is 1. The number of piperazine rings is 1. The zero-order valence-electron chi connectivity index (χ0n) is 11.3. The van der Waals surface area contributed by atoms with Crippen molar-refractivity contribution in [3.05, 3.63) is 29.3 Å². The Bertz CT molecular complexity index is 458. The minimum atomic E-state index is 0.486. The maximum atomic E-state index is 5.86. The van der Waals surface area contributed by atoms with Crippen LogP contribution in [0.1, 0.15) is 18.1 Å². The van der Waals surface area contributed by atoms with E-state index in [1.54, 1.807) is 0 Å². The summed E-state index contributed by atoms with van der Waals surface area (Å²) < 4.78 is 0. The SMILES string of the molecule is Cc1ccc(N2CCN(C)CC2C)c(C(N)=S)c1. The molecule has 1 heterocycles. The predicted octanol–water partition coefficient (Wildman–Crippen LogP) is 1.77. The molecule has 0 spiro atoms. The van der Waals surface area contributed by atoms with Gasteiger partial charge < -0.3 is 15.5 Å². The predicted molar refractivity (Wildman–Crippen MR) is 81.4 cm³/mol. The zero-order valence-corrected chi connectivity index (χ0v) is 12.1. The molecule has 0 amide bonds. The molecule has 0 aromatic heterocycles. The lowest BCUT2D eigenvalue weighted by Crippen LogP contribution is -2.51. The van der Waals surface area contributed by atoms with Crippen molar-refractivity contribution < 1.29 is 0 Å². The van der Waals surface area contributed by atoms with Crippen molar-refractivity contribution in [1.82, 2.24) is 4.90 Å². The van der Waals surface area contributed by atoms with E-state index in [-0.39, 0.29) is 0 Å². The van der Waals surface area contributed by atoms with Gasteiger partial charge in [-0.3, -0.25) is 0 Å². The van der Waals surface area contributed by atoms with E-state index < -0.39 is 0 Å². The molecule has 1 unspecified atom stereocenters. The molecule has 2 rings (SSSR count). The fourth-order valence-corrected chi connectivity index (χ4v) is 2.76. The van der Waals surface area contributed by atoms with E-state index >= 15 is 0 Å². The molecular formula is C14H21N3S. The van der Waals surface area contributed by atoms with Crippen LogP contribution in [-0.4, -0.2) is 42.6 Å². The Labute approximate surface area is 115 Å². The highest BCUT2D eigenvalue weighted by molar-refractivity contribution is 7.80. The number of likely N-dealkylation sites (N-methyl/N-ethyl adjacent to an activating group) is 1. The summed E-state index contributed by atoms with van der Waals surface area (Å²) in [7, 11) is 2.16. The summed E-state index contributed by atoms with van der Waals surface area (Å²) in [4.78, 5) is 5.25. The molecule has 2 N–H and O–H groups in total. The summed E-state index contributed by atoms with van der Waals surface area (Å²) in [6.45, 7) is 7.49. The number of thiocarbonyl (C=S) groups is 1. The summed E-state index contributed by atoms with van der Waals surface area (Å²) >= 11 is 5.18. The van der Waals surface area contributed by atoms with Gasteiger partial charge >= 0.3 is 0 Å². The number of aryl methyl sites for hydroxylation is 1. The third-order valence-electron chi connectivity index (χ3n) is 3.56. The molecule has 98 valence electrons. The van der Waals surface area contributed by atoms with Crippen LogP contribution in [0.25, 0.3) is 0 Å². The fraction of sp³-hybridized carbons (Fsp3) is 0.500. The molecule has 1 fully saturated rings. The first-order valence-corrected chi connectivity index (χ1v) is 6.75. The number of benzene rings is 1. The average molecular weight is 263 g/mol. The van der Waals surface area contributed by atoms with E-state index in [0.717, 1.165) is 25.2 Å². The summed E-state index contributed by atoms with van der Waals surface area (Å²) in [5, 5.41) is 0. The molecule has 1 saturated heterocycles. The molecule has 3 nitrogen and oxygen atoms in total. The minimum Gasteiger partial charge on any atom is -0.389 e. The monoisotopic (exact) mass is 263 g/mol. The van der Waals surface area contributed by atoms with Crippen LogP contribution in [-0.2, 0) is 0 Å². The van der Waals surface area contributed by atoms with Crippen molar-refractivity contribution in [1.29, 1.82) is 0 Å². The summed E-state index contributed by atoms with van der Waals surface area (Å²) in [6, 6.07) is 6.84. The maximum Gasteiger partial charge on any atom is 0.106 e. The topological polar surface area (TPSA) is 32.5 Å². The smallest absolute Gasteiger partial charge is 0.106 e. The molecule has 0 saturated carbocycles. The van der Waals surface area contributed by atoms with E-state index in [1.807, 2.05) is 0 Å². The second-order valence-electron chi connectivity index (χ2n) is 5.19. The maximum absolute atomic E-state index is 5.86. The van der Waals surface area contributed by atoms with E-state index in [4.69, 9.17) is 18.0 Å². The first-order chi connectivity index (χ1) is 8.49. The highest BCUT2D eigenvalue weighted by atomic mass is 32.1. The van der Waals surface area contributed by atoms with Gasteiger partial charge in [0.15, 0.2) is 0 Å². The van der Waals surface area contributed by atoms with Gasteiger partial charge in [0.1, 0.15) is 4.99 Å². The van der Waals surface area contributed by atoms with Gasteiger partial charge in [-0.1, -0.05) is 23.8 Å². The van der Waals surface area contributed by atoms with Crippen LogP contribution in [0, 0.1) is 6.92 Å². The van der Waals surface area contributed by atoms with Crippen LogP contribution in [0.2, 0.25) is 0 Å². The quantitative estimate of drug-likeness (QED) is 0.824. The molecule has 18 heavy (non-hydrogen) atoms. The minimum absolute atomic E-state index is 0.486. The lowest BCUT2D eigenvalue weighted by molar-refractivity contribution is 0.275. The first-order valence-electron chi connectivity index (χ1n) is 6.34. The zero-order chi connectivity index (χ0) is 13.3. The molecule has 1 aliphatic heterocycles. The Kier molecular flexibility index (Phi) is 3.88. The van der Waals surface area contributed by atoms with Crippen LogP contribution >= 0.6 is 12.2 Å². The van der Waals surface area contributed by atoms with E-state index in [9.17, 15) is 0 Å². The van der Waals surface area contributed by atoms with Gasteiger partial charge in [-0.25, -0.2) is 0 Å². The van der Waals surface area contributed by atoms with Gasteiger partial charge in [-0.05, 0) is 33.0 Å². The summed E-state index contributed by atoms with van der Waals surface area (Å²) in [5.74, 6) is 0. The lowest BCUT2D eigenvalue weighted by Gasteiger charge is -2.40. The van der Waals surface area contributed by atoms with Crippen LogP contribution in [0.15, 0.2) is 18.2 Å². The second-order valence-corrected chi connectivity index (χ2v) is 5.63. The summed E-state index contributed by atoms with van der Waals surface area (Å²) in [5.41, 5.74) is 9.23. The molecule has 1 aliphatic rings.